The number of benzene rings is 1. The molecule has 0 amide bonds. The number of hydrogen-bond acceptors (Lipinski definition) is 3. The summed E-state index contributed by atoms with van der Waals surface area (Å²) in [6.45, 7) is 12.0. The Morgan fingerprint density at radius 1 is 1.00 bits per heavy atom. The molecule has 0 spiro atoms. The van der Waals surface area contributed by atoms with Crippen LogP contribution < -0.4 is 4.90 Å². The standard InChI is InChI=1S/C26H33B2N3/c1-6-19-9-8-10-20(7-2)23(19)22-15-17(4)24-21(30-22)12-14-31(26(24,27)28)25-16(3)11-13-29-18(25)5/h8-11,13,15H,6-7,12,14,27-28H2,1-5H3. The summed E-state index contributed by atoms with van der Waals surface area (Å²) in [5.74, 6) is 0. The van der Waals surface area contributed by atoms with Gasteiger partial charge in [0.05, 0.1) is 17.1 Å². The molecule has 0 saturated carbocycles. The molecule has 0 atom stereocenters. The summed E-state index contributed by atoms with van der Waals surface area (Å²) in [5, 5.41) is -0.139. The van der Waals surface area contributed by atoms with Crippen LogP contribution in [0.15, 0.2) is 36.5 Å². The molecule has 0 radical (unpaired) electrons. The lowest BCUT2D eigenvalue weighted by Crippen LogP contribution is -2.53. The molecule has 0 fully saturated rings. The summed E-state index contributed by atoms with van der Waals surface area (Å²) in [6.07, 6.45) is 4.92. The number of anilines is 1. The fourth-order valence-electron chi connectivity index (χ4n) is 5.57. The molecule has 5 heteroatoms. The molecule has 0 unspecified atom stereocenters. The van der Waals surface area contributed by atoms with Gasteiger partial charge in [0.2, 0.25) is 0 Å². The van der Waals surface area contributed by atoms with Gasteiger partial charge in [-0.1, -0.05) is 32.0 Å². The number of pyridine rings is 2. The van der Waals surface area contributed by atoms with Crippen molar-refractivity contribution in [3.05, 3.63) is 75.7 Å². The molecule has 3 heterocycles. The van der Waals surface area contributed by atoms with E-state index in [2.05, 4.69) is 90.5 Å². The Kier molecular flexibility index (Phi) is 5.72. The van der Waals surface area contributed by atoms with E-state index in [0.29, 0.717) is 0 Å². The van der Waals surface area contributed by atoms with Crippen molar-refractivity contribution >= 4 is 21.4 Å². The summed E-state index contributed by atoms with van der Waals surface area (Å²) < 4.78 is 0. The van der Waals surface area contributed by atoms with Crippen LogP contribution in [0.1, 0.15) is 53.1 Å². The van der Waals surface area contributed by atoms with Crippen LogP contribution in [0.25, 0.3) is 11.3 Å². The van der Waals surface area contributed by atoms with Crippen LogP contribution in [0.3, 0.4) is 0 Å². The van der Waals surface area contributed by atoms with Crippen molar-refractivity contribution in [1.82, 2.24) is 9.97 Å². The van der Waals surface area contributed by atoms with Gasteiger partial charge in [0.25, 0.3) is 0 Å². The van der Waals surface area contributed by atoms with Gasteiger partial charge in [-0.05, 0) is 73.6 Å². The maximum atomic E-state index is 5.29. The zero-order valence-corrected chi connectivity index (χ0v) is 20.1. The van der Waals surface area contributed by atoms with Crippen molar-refractivity contribution in [2.45, 2.75) is 59.2 Å². The minimum absolute atomic E-state index is 0.139. The maximum Gasteiger partial charge on any atom is 0.129 e. The summed E-state index contributed by atoms with van der Waals surface area (Å²) in [5.41, 5.74) is 12.9. The van der Waals surface area contributed by atoms with Crippen molar-refractivity contribution in [3.8, 4) is 11.3 Å². The average Bonchev–Trinajstić information content (AvgIpc) is 2.73. The van der Waals surface area contributed by atoms with E-state index in [4.69, 9.17) is 4.98 Å². The first-order valence-electron chi connectivity index (χ1n) is 11.6. The van der Waals surface area contributed by atoms with E-state index in [1.54, 1.807) is 0 Å². The molecule has 4 rings (SSSR count). The Balaban J connectivity index is 1.86. The SMILES string of the molecule is BC1(B)c2c(C)cc(-c3c(CC)cccc3CC)nc2CCN1c1c(C)ccnc1C. The number of fused-ring (bicyclic) bond motifs is 1. The number of aryl methyl sites for hydroxylation is 5. The summed E-state index contributed by atoms with van der Waals surface area (Å²) in [4.78, 5) is 12.4. The van der Waals surface area contributed by atoms with Gasteiger partial charge in [-0.15, -0.1) is 0 Å². The van der Waals surface area contributed by atoms with Gasteiger partial charge in [-0.2, -0.15) is 0 Å². The predicted octanol–water partition coefficient (Wildman–Crippen LogP) is 3.63. The van der Waals surface area contributed by atoms with E-state index in [1.807, 2.05) is 6.20 Å². The van der Waals surface area contributed by atoms with Crippen LogP contribution in [-0.2, 0) is 24.6 Å². The highest BCUT2D eigenvalue weighted by Gasteiger charge is 2.38. The molecule has 0 aliphatic carbocycles. The van der Waals surface area contributed by atoms with Crippen molar-refractivity contribution in [1.29, 1.82) is 0 Å². The first-order valence-corrected chi connectivity index (χ1v) is 11.6. The molecule has 1 aliphatic rings. The number of aromatic nitrogens is 2. The summed E-state index contributed by atoms with van der Waals surface area (Å²) in [6, 6.07) is 11.1. The fourth-order valence-corrected chi connectivity index (χ4v) is 5.57. The molecule has 158 valence electrons. The molecule has 2 aromatic heterocycles. The van der Waals surface area contributed by atoms with E-state index >= 15 is 0 Å². The molecule has 1 aliphatic heterocycles. The predicted molar refractivity (Wildman–Crippen MR) is 137 cm³/mol. The van der Waals surface area contributed by atoms with Gasteiger partial charge in [0.1, 0.15) is 15.7 Å². The summed E-state index contributed by atoms with van der Waals surface area (Å²) in [7, 11) is 4.67. The molecule has 3 nitrogen and oxygen atoms in total. The highest BCUT2D eigenvalue weighted by molar-refractivity contribution is 6.42. The zero-order valence-electron chi connectivity index (χ0n) is 20.1. The van der Waals surface area contributed by atoms with Crippen molar-refractivity contribution in [2.75, 3.05) is 11.4 Å². The Morgan fingerprint density at radius 2 is 1.68 bits per heavy atom. The lowest BCUT2D eigenvalue weighted by atomic mass is 9.54. The first-order chi connectivity index (χ1) is 14.8. The number of rotatable bonds is 4. The Morgan fingerprint density at radius 3 is 2.29 bits per heavy atom. The second kappa shape index (κ2) is 8.18. The summed E-state index contributed by atoms with van der Waals surface area (Å²) >= 11 is 0. The van der Waals surface area contributed by atoms with E-state index in [1.165, 1.54) is 44.8 Å². The molecule has 1 aromatic carbocycles. The molecule has 0 N–H and O–H groups in total. The van der Waals surface area contributed by atoms with Crippen molar-refractivity contribution in [3.63, 3.8) is 0 Å². The molecule has 0 saturated heterocycles. The minimum Gasteiger partial charge on any atom is -0.376 e. The van der Waals surface area contributed by atoms with Gasteiger partial charge in [0, 0.05) is 35.8 Å². The third kappa shape index (κ3) is 3.58. The highest BCUT2D eigenvalue weighted by atomic mass is 15.2. The third-order valence-corrected chi connectivity index (χ3v) is 6.98. The Hall–Kier alpha value is -2.55. The largest absolute Gasteiger partial charge is 0.376 e. The van der Waals surface area contributed by atoms with Crippen LogP contribution in [0.4, 0.5) is 5.69 Å². The normalized spacial score (nSPS) is 15.1. The van der Waals surface area contributed by atoms with Crippen molar-refractivity contribution < 1.29 is 0 Å². The van der Waals surface area contributed by atoms with Gasteiger partial charge >= 0.3 is 0 Å². The quantitative estimate of drug-likeness (QED) is 0.617. The van der Waals surface area contributed by atoms with E-state index in [9.17, 15) is 0 Å². The molecular formula is C26H33B2N3. The van der Waals surface area contributed by atoms with Crippen LogP contribution in [0, 0.1) is 20.8 Å². The van der Waals surface area contributed by atoms with Gasteiger partial charge in [0.15, 0.2) is 0 Å². The zero-order chi connectivity index (χ0) is 22.3. The molecular weight excluding hydrogens is 376 g/mol. The van der Waals surface area contributed by atoms with E-state index < -0.39 is 0 Å². The van der Waals surface area contributed by atoms with Crippen LogP contribution in [-0.4, -0.2) is 32.2 Å². The number of nitrogens with zero attached hydrogens (tertiary/aromatic N) is 3. The third-order valence-electron chi connectivity index (χ3n) is 6.98. The molecule has 31 heavy (non-hydrogen) atoms. The lowest BCUT2D eigenvalue weighted by molar-refractivity contribution is 0.639. The highest BCUT2D eigenvalue weighted by Crippen LogP contribution is 2.40. The monoisotopic (exact) mass is 409 g/mol. The van der Waals surface area contributed by atoms with Crippen LogP contribution >= 0.6 is 0 Å². The second-order valence-electron chi connectivity index (χ2n) is 9.33. The van der Waals surface area contributed by atoms with Gasteiger partial charge < -0.3 is 4.90 Å². The van der Waals surface area contributed by atoms with Gasteiger partial charge in [-0.3, -0.25) is 9.97 Å². The second-order valence-corrected chi connectivity index (χ2v) is 9.33. The molecule has 3 aromatic rings. The Bertz CT molecular complexity index is 1100. The smallest absolute Gasteiger partial charge is 0.129 e. The van der Waals surface area contributed by atoms with E-state index in [-0.39, 0.29) is 5.34 Å². The fraction of sp³-hybridized carbons (Fsp3) is 0.385. The average molecular weight is 409 g/mol. The van der Waals surface area contributed by atoms with Crippen LogP contribution in [0.5, 0.6) is 0 Å². The number of hydrogen-bond donors (Lipinski definition) is 0. The van der Waals surface area contributed by atoms with Crippen molar-refractivity contribution in [2.24, 2.45) is 0 Å². The van der Waals surface area contributed by atoms with E-state index in [0.717, 1.165) is 37.2 Å². The van der Waals surface area contributed by atoms with Gasteiger partial charge in [-0.25, -0.2) is 0 Å². The topological polar surface area (TPSA) is 29.0 Å². The lowest BCUT2D eigenvalue weighted by Gasteiger charge is -2.47. The minimum atomic E-state index is -0.139. The Labute approximate surface area is 189 Å². The molecule has 0 bridgehead atoms. The van der Waals surface area contributed by atoms with Crippen LogP contribution in [0.2, 0.25) is 0 Å². The maximum absolute atomic E-state index is 5.29. The first kappa shape index (κ1) is 21.7.